The Bertz CT molecular complexity index is 192. The number of unbranched alkanes of at least 4 members (excludes halogenated alkanes) is 11. The number of hydrogen-bond acceptors (Lipinski definition) is 1. The molecular formula is C19H40S. The Hall–Kier alpha value is 0.350. The largest absolute Gasteiger partial charge is 0.173 e. The van der Waals surface area contributed by atoms with E-state index in [4.69, 9.17) is 0 Å². The molecule has 0 aliphatic rings. The molecule has 122 valence electrons. The Morgan fingerprint density at radius 3 is 1.40 bits per heavy atom. The molecule has 0 amide bonds. The van der Waals surface area contributed by atoms with Gasteiger partial charge in [-0.2, -0.15) is 12.6 Å². The molecule has 0 nitrogen and oxygen atoms in total. The molecule has 0 rings (SSSR count). The SMILES string of the molecule is CCCCCCCCCCCCCCC(C)C(C)(C)S. The Morgan fingerprint density at radius 1 is 0.700 bits per heavy atom. The van der Waals surface area contributed by atoms with Gasteiger partial charge in [-0.1, -0.05) is 105 Å². The van der Waals surface area contributed by atoms with E-state index in [1.807, 2.05) is 0 Å². The molecule has 0 bridgehead atoms. The molecule has 0 saturated carbocycles. The summed E-state index contributed by atoms with van der Waals surface area (Å²) in [7, 11) is 0. The van der Waals surface area contributed by atoms with E-state index in [2.05, 4.69) is 40.3 Å². The van der Waals surface area contributed by atoms with Crippen LogP contribution >= 0.6 is 12.6 Å². The molecule has 1 unspecified atom stereocenters. The van der Waals surface area contributed by atoms with Gasteiger partial charge in [0.2, 0.25) is 0 Å². The zero-order chi connectivity index (χ0) is 15.3. The fourth-order valence-electron chi connectivity index (χ4n) is 2.64. The van der Waals surface area contributed by atoms with Crippen molar-refractivity contribution in [3.8, 4) is 0 Å². The van der Waals surface area contributed by atoms with Gasteiger partial charge in [0.1, 0.15) is 0 Å². The fraction of sp³-hybridized carbons (Fsp3) is 1.00. The second-order valence-electron chi connectivity index (χ2n) is 7.23. The van der Waals surface area contributed by atoms with E-state index in [9.17, 15) is 0 Å². The lowest BCUT2D eigenvalue weighted by Crippen LogP contribution is -2.21. The van der Waals surface area contributed by atoms with Gasteiger partial charge in [-0.05, 0) is 12.3 Å². The molecule has 0 saturated heterocycles. The molecule has 1 heteroatoms. The first-order valence-corrected chi connectivity index (χ1v) is 9.65. The van der Waals surface area contributed by atoms with Crippen LogP contribution in [0.3, 0.4) is 0 Å². The van der Waals surface area contributed by atoms with E-state index < -0.39 is 0 Å². The molecule has 0 aliphatic carbocycles. The van der Waals surface area contributed by atoms with Gasteiger partial charge >= 0.3 is 0 Å². The van der Waals surface area contributed by atoms with Gasteiger partial charge in [-0.15, -0.1) is 0 Å². The Kier molecular flexibility index (Phi) is 13.3. The first kappa shape index (κ1) is 20.3. The van der Waals surface area contributed by atoms with Crippen LogP contribution in [0.5, 0.6) is 0 Å². The van der Waals surface area contributed by atoms with Crippen LogP contribution < -0.4 is 0 Å². The van der Waals surface area contributed by atoms with Gasteiger partial charge in [-0.3, -0.25) is 0 Å². The van der Waals surface area contributed by atoms with Crippen molar-refractivity contribution in [2.24, 2.45) is 5.92 Å². The van der Waals surface area contributed by atoms with Gasteiger partial charge in [0.05, 0.1) is 0 Å². The van der Waals surface area contributed by atoms with Gasteiger partial charge < -0.3 is 0 Å². The molecule has 0 aromatic rings. The van der Waals surface area contributed by atoms with Crippen molar-refractivity contribution < 1.29 is 0 Å². The van der Waals surface area contributed by atoms with E-state index in [0.717, 1.165) is 5.92 Å². The first-order chi connectivity index (χ1) is 9.48. The minimum absolute atomic E-state index is 0.192. The molecule has 0 spiro atoms. The summed E-state index contributed by atoms with van der Waals surface area (Å²) >= 11 is 4.66. The third-order valence-electron chi connectivity index (χ3n) is 4.70. The van der Waals surface area contributed by atoms with Crippen molar-refractivity contribution in [3.05, 3.63) is 0 Å². The highest BCUT2D eigenvalue weighted by Crippen LogP contribution is 2.28. The summed E-state index contributed by atoms with van der Waals surface area (Å²) in [5.74, 6) is 0.731. The molecule has 0 fully saturated rings. The summed E-state index contributed by atoms with van der Waals surface area (Å²) in [6.07, 6.45) is 18.6. The summed E-state index contributed by atoms with van der Waals surface area (Å²) in [5, 5.41) is 0. The third-order valence-corrected chi connectivity index (χ3v) is 5.14. The predicted molar refractivity (Wildman–Crippen MR) is 97.9 cm³/mol. The highest BCUT2D eigenvalue weighted by atomic mass is 32.1. The van der Waals surface area contributed by atoms with Gasteiger partial charge in [0, 0.05) is 4.75 Å². The standard InChI is InChI=1S/C19H40S/c1-5-6-7-8-9-10-11-12-13-14-15-16-17-18(2)19(3,4)20/h18,20H,5-17H2,1-4H3. The Balaban J connectivity index is 3.14. The second kappa shape index (κ2) is 13.0. The summed E-state index contributed by atoms with van der Waals surface area (Å²) in [6, 6.07) is 0. The van der Waals surface area contributed by atoms with Crippen LogP contribution in [0.1, 0.15) is 111 Å². The molecule has 0 aliphatic heterocycles. The lowest BCUT2D eigenvalue weighted by Gasteiger charge is -2.26. The monoisotopic (exact) mass is 300 g/mol. The van der Waals surface area contributed by atoms with Crippen LogP contribution in [0.2, 0.25) is 0 Å². The van der Waals surface area contributed by atoms with Gasteiger partial charge in [0.15, 0.2) is 0 Å². The highest BCUT2D eigenvalue weighted by Gasteiger charge is 2.19. The van der Waals surface area contributed by atoms with Crippen molar-refractivity contribution in [3.63, 3.8) is 0 Å². The summed E-state index contributed by atoms with van der Waals surface area (Å²) in [5.41, 5.74) is 0. The molecule has 0 aromatic heterocycles. The van der Waals surface area contributed by atoms with E-state index >= 15 is 0 Å². The van der Waals surface area contributed by atoms with E-state index in [1.165, 1.54) is 83.5 Å². The van der Waals surface area contributed by atoms with E-state index in [-0.39, 0.29) is 4.75 Å². The van der Waals surface area contributed by atoms with Crippen LogP contribution in [0.25, 0.3) is 0 Å². The summed E-state index contributed by atoms with van der Waals surface area (Å²) in [4.78, 5) is 0. The lowest BCUT2D eigenvalue weighted by molar-refractivity contribution is 0.409. The van der Waals surface area contributed by atoms with Crippen LogP contribution in [-0.4, -0.2) is 4.75 Å². The predicted octanol–water partition coefficient (Wildman–Crippen LogP) is 7.42. The van der Waals surface area contributed by atoms with Crippen LogP contribution in [-0.2, 0) is 0 Å². The van der Waals surface area contributed by atoms with Crippen LogP contribution in [0.15, 0.2) is 0 Å². The van der Waals surface area contributed by atoms with Crippen LogP contribution in [0.4, 0.5) is 0 Å². The quantitative estimate of drug-likeness (QED) is 0.250. The average Bonchev–Trinajstić information content (AvgIpc) is 2.38. The summed E-state index contributed by atoms with van der Waals surface area (Å²) in [6.45, 7) is 9.10. The van der Waals surface area contributed by atoms with Crippen molar-refractivity contribution in [2.45, 2.75) is 116 Å². The number of rotatable bonds is 14. The minimum Gasteiger partial charge on any atom is -0.173 e. The Morgan fingerprint density at radius 2 is 1.05 bits per heavy atom. The molecular weight excluding hydrogens is 260 g/mol. The zero-order valence-corrected chi connectivity index (χ0v) is 15.6. The third kappa shape index (κ3) is 13.3. The lowest BCUT2D eigenvalue weighted by atomic mass is 9.91. The molecule has 0 N–H and O–H groups in total. The van der Waals surface area contributed by atoms with Crippen molar-refractivity contribution in [1.82, 2.24) is 0 Å². The molecule has 0 heterocycles. The van der Waals surface area contributed by atoms with Crippen LogP contribution in [0, 0.1) is 5.92 Å². The van der Waals surface area contributed by atoms with E-state index in [1.54, 1.807) is 0 Å². The normalized spacial score (nSPS) is 13.7. The molecule has 1 atom stereocenters. The molecule has 0 radical (unpaired) electrons. The molecule has 0 aromatic carbocycles. The van der Waals surface area contributed by atoms with Gasteiger partial charge in [0.25, 0.3) is 0 Å². The maximum atomic E-state index is 4.66. The van der Waals surface area contributed by atoms with E-state index in [0.29, 0.717) is 0 Å². The Labute approximate surface area is 134 Å². The van der Waals surface area contributed by atoms with Crippen molar-refractivity contribution in [1.29, 1.82) is 0 Å². The van der Waals surface area contributed by atoms with Crippen molar-refractivity contribution in [2.75, 3.05) is 0 Å². The first-order valence-electron chi connectivity index (χ1n) is 9.20. The van der Waals surface area contributed by atoms with Crippen molar-refractivity contribution >= 4 is 12.6 Å². The maximum absolute atomic E-state index is 4.66. The topological polar surface area (TPSA) is 0 Å². The van der Waals surface area contributed by atoms with Gasteiger partial charge in [-0.25, -0.2) is 0 Å². The fourth-order valence-corrected chi connectivity index (χ4v) is 2.77. The number of hydrogen-bond donors (Lipinski definition) is 1. The highest BCUT2D eigenvalue weighted by molar-refractivity contribution is 7.81. The average molecular weight is 301 g/mol. The minimum atomic E-state index is 0.192. The number of thiol groups is 1. The summed E-state index contributed by atoms with van der Waals surface area (Å²) < 4.78 is 0.192. The smallest absolute Gasteiger partial charge is 0.00987 e. The molecule has 20 heavy (non-hydrogen) atoms. The second-order valence-corrected chi connectivity index (χ2v) is 8.39. The maximum Gasteiger partial charge on any atom is 0.00987 e. The zero-order valence-electron chi connectivity index (χ0n) is 14.7.